The molecule has 0 atom stereocenters. The van der Waals surface area contributed by atoms with Crippen LogP contribution in [0.1, 0.15) is 38.5 Å². The van der Waals surface area contributed by atoms with Gasteiger partial charge < -0.3 is 5.11 Å². The molecule has 0 spiro atoms. The maximum absolute atomic E-state index is 12.2. The number of rotatable bonds is 6. The maximum atomic E-state index is 12.2. The third-order valence-electron chi connectivity index (χ3n) is 3.32. The minimum Gasteiger partial charge on any atom is -0.481 e. The van der Waals surface area contributed by atoms with Gasteiger partial charge >= 0.3 is 11.7 Å². The van der Waals surface area contributed by atoms with Crippen LogP contribution in [0.3, 0.4) is 0 Å². The Balaban J connectivity index is 2.70. The number of carboxylic acid groups (broad SMARTS) is 1. The Labute approximate surface area is 105 Å². The van der Waals surface area contributed by atoms with Crippen LogP contribution >= 0.6 is 0 Å². The van der Waals surface area contributed by atoms with E-state index in [2.05, 4.69) is 0 Å². The van der Waals surface area contributed by atoms with Gasteiger partial charge in [-0.15, -0.1) is 0 Å². The Kier molecular flexibility index (Phi) is 5.03. The van der Waals surface area contributed by atoms with E-state index in [0.29, 0.717) is 12.8 Å². The van der Waals surface area contributed by atoms with Crippen LogP contribution in [0.5, 0.6) is 0 Å². The SMILES string of the molecule is O=C(O)CC1(CNS(=O)(=O)C(F)F)CCCCC1. The lowest BCUT2D eigenvalue weighted by atomic mass is 9.72. The number of aliphatic carboxylic acids is 1. The Hall–Kier alpha value is -0.760. The molecule has 0 heterocycles. The summed E-state index contributed by atoms with van der Waals surface area (Å²) in [6, 6.07) is 0. The second-order valence-corrected chi connectivity index (χ2v) is 6.49. The van der Waals surface area contributed by atoms with Crippen molar-refractivity contribution in [1.29, 1.82) is 0 Å². The molecule has 106 valence electrons. The van der Waals surface area contributed by atoms with Crippen molar-refractivity contribution in [2.24, 2.45) is 5.41 Å². The Morgan fingerprint density at radius 3 is 2.28 bits per heavy atom. The highest BCUT2D eigenvalue weighted by atomic mass is 32.2. The van der Waals surface area contributed by atoms with Crippen molar-refractivity contribution in [1.82, 2.24) is 4.72 Å². The Bertz CT molecular complexity index is 391. The molecule has 8 heteroatoms. The molecule has 0 radical (unpaired) electrons. The quantitative estimate of drug-likeness (QED) is 0.775. The zero-order valence-electron chi connectivity index (χ0n) is 9.86. The highest BCUT2D eigenvalue weighted by molar-refractivity contribution is 7.89. The molecule has 1 saturated carbocycles. The summed E-state index contributed by atoms with van der Waals surface area (Å²) in [7, 11) is -4.65. The standard InChI is InChI=1S/C10H17F2NO4S/c11-9(12)18(16,17)13-7-10(6-8(14)15)4-2-1-3-5-10/h9,13H,1-7H2,(H,14,15). The molecular weight excluding hydrogens is 268 g/mol. The Morgan fingerprint density at radius 1 is 1.28 bits per heavy atom. The van der Waals surface area contributed by atoms with E-state index in [1.54, 1.807) is 0 Å². The van der Waals surface area contributed by atoms with Gasteiger partial charge in [0, 0.05) is 6.54 Å². The highest BCUT2D eigenvalue weighted by Gasteiger charge is 2.36. The minimum absolute atomic E-state index is 0.196. The van der Waals surface area contributed by atoms with E-state index < -0.39 is 27.2 Å². The predicted molar refractivity (Wildman–Crippen MR) is 60.7 cm³/mol. The van der Waals surface area contributed by atoms with E-state index in [1.165, 1.54) is 0 Å². The van der Waals surface area contributed by atoms with Crippen molar-refractivity contribution in [2.75, 3.05) is 6.54 Å². The summed E-state index contributed by atoms with van der Waals surface area (Å²) in [4.78, 5) is 10.8. The molecule has 18 heavy (non-hydrogen) atoms. The van der Waals surface area contributed by atoms with Crippen LogP contribution in [-0.4, -0.2) is 31.8 Å². The normalized spacial score (nSPS) is 19.9. The van der Waals surface area contributed by atoms with E-state index in [0.717, 1.165) is 19.3 Å². The van der Waals surface area contributed by atoms with Crippen molar-refractivity contribution >= 4 is 16.0 Å². The topological polar surface area (TPSA) is 83.5 Å². The molecule has 1 aliphatic carbocycles. The zero-order chi connectivity index (χ0) is 13.8. The number of hydrogen-bond acceptors (Lipinski definition) is 3. The largest absolute Gasteiger partial charge is 0.481 e. The van der Waals surface area contributed by atoms with E-state index in [1.807, 2.05) is 4.72 Å². The molecule has 0 amide bonds. The van der Waals surface area contributed by atoms with Crippen LogP contribution in [0, 0.1) is 5.41 Å². The van der Waals surface area contributed by atoms with Crippen LogP contribution < -0.4 is 4.72 Å². The van der Waals surface area contributed by atoms with E-state index >= 15 is 0 Å². The van der Waals surface area contributed by atoms with Crippen molar-refractivity contribution in [3.05, 3.63) is 0 Å². The first-order chi connectivity index (χ1) is 8.27. The fourth-order valence-electron chi connectivity index (χ4n) is 2.36. The van der Waals surface area contributed by atoms with Gasteiger partial charge in [-0.2, -0.15) is 8.78 Å². The number of sulfonamides is 1. The van der Waals surface area contributed by atoms with Gasteiger partial charge in [0.1, 0.15) is 0 Å². The number of nitrogens with one attached hydrogen (secondary N) is 1. The first-order valence-electron chi connectivity index (χ1n) is 5.76. The summed E-state index contributed by atoms with van der Waals surface area (Å²) < 4.78 is 48.2. The lowest BCUT2D eigenvalue weighted by molar-refractivity contribution is -0.140. The molecule has 0 bridgehead atoms. The molecule has 1 fully saturated rings. The maximum Gasteiger partial charge on any atom is 0.350 e. The zero-order valence-corrected chi connectivity index (χ0v) is 10.7. The fraction of sp³-hybridized carbons (Fsp3) is 0.900. The number of carboxylic acids is 1. The van der Waals surface area contributed by atoms with Gasteiger partial charge in [-0.1, -0.05) is 19.3 Å². The van der Waals surface area contributed by atoms with Crippen molar-refractivity contribution in [3.63, 3.8) is 0 Å². The smallest absolute Gasteiger partial charge is 0.350 e. The molecule has 0 aromatic heterocycles. The van der Waals surface area contributed by atoms with Gasteiger partial charge in [0.15, 0.2) is 0 Å². The van der Waals surface area contributed by atoms with Crippen LogP contribution in [0.4, 0.5) is 8.78 Å². The number of halogens is 2. The van der Waals surface area contributed by atoms with E-state index in [-0.39, 0.29) is 13.0 Å². The average Bonchev–Trinajstić information content (AvgIpc) is 2.27. The van der Waals surface area contributed by atoms with Crippen LogP contribution in [-0.2, 0) is 14.8 Å². The molecule has 1 rings (SSSR count). The molecule has 0 aliphatic heterocycles. The molecule has 0 unspecified atom stereocenters. The molecule has 1 aliphatic rings. The first kappa shape index (κ1) is 15.3. The molecule has 2 N–H and O–H groups in total. The van der Waals surface area contributed by atoms with Gasteiger partial charge in [0.2, 0.25) is 0 Å². The van der Waals surface area contributed by atoms with Crippen LogP contribution in [0.15, 0.2) is 0 Å². The Morgan fingerprint density at radius 2 is 1.83 bits per heavy atom. The lowest BCUT2D eigenvalue weighted by Crippen LogP contribution is -2.42. The van der Waals surface area contributed by atoms with Gasteiger partial charge in [-0.3, -0.25) is 4.79 Å². The molecule has 0 aromatic rings. The highest BCUT2D eigenvalue weighted by Crippen LogP contribution is 2.39. The van der Waals surface area contributed by atoms with E-state index in [4.69, 9.17) is 5.11 Å². The minimum atomic E-state index is -4.65. The van der Waals surface area contributed by atoms with Gasteiger partial charge in [0.05, 0.1) is 6.42 Å². The number of alkyl halides is 2. The van der Waals surface area contributed by atoms with Gasteiger partial charge in [-0.25, -0.2) is 13.1 Å². The second kappa shape index (κ2) is 5.92. The van der Waals surface area contributed by atoms with Crippen molar-refractivity contribution in [2.45, 2.75) is 44.3 Å². The number of carbonyl (C=O) groups is 1. The van der Waals surface area contributed by atoms with Crippen molar-refractivity contribution < 1.29 is 27.1 Å². The van der Waals surface area contributed by atoms with Crippen LogP contribution in [0.2, 0.25) is 0 Å². The molecular formula is C10H17F2NO4S. The fourth-order valence-corrected chi connectivity index (χ4v) is 2.99. The number of hydrogen-bond donors (Lipinski definition) is 2. The van der Waals surface area contributed by atoms with Crippen LogP contribution in [0.25, 0.3) is 0 Å². The third-order valence-corrected chi connectivity index (χ3v) is 4.34. The summed E-state index contributed by atoms with van der Waals surface area (Å²) in [5.74, 6) is -4.52. The average molecular weight is 285 g/mol. The molecule has 0 aromatic carbocycles. The lowest BCUT2D eigenvalue weighted by Gasteiger charge is -2.36. The summed E-state index contributed by atoms with van der Waals surface area (Å²) in [5, 5.41) is 8.84. The summed E-state index contributed by atoms with van der Waals surface area (Å²) >= 11 is 0. The summed E-state index contributed by atoms with van der Waals surface area (Å²) in [5.41, 5.74) is -0.730. The predicted octanol–water partition coefficient (Wildman–Crippen LogP) is 1.55. The second-order valence-electron chi connectivity index (χ2n) is 4.76. The van der Waals surface area contributed by atoms with Gasteiger partial charge in [-0.05, 0) is 18.3 Å². The van der Waals surface area contributed by atoms with E-state index in [9.17, 15) is 22.0 Å². The molecule has 0 saturated heterocycles. The summed E-state index contributed by atoms with van der Waals surface area (Å²) in [6.07, 6.45) is 3.45. The molecule has 5 nitrogen and oxygen atoms in total. The van der Waals surface area contributed by atoms with Crippen molar-refractivity contribution in [3.8, 4) is 0 Å². The summed E-state index contributed by atoms with van der Waals surface area (Å²) in [6.45, 7) is -0.230. The van der Waals surface area contributed by atoms with Gasteiger partial charge in [0.25, 0.3) is 10.0 Å². The third kappa shape index (κ3) is 4.16. The first-order valence-corrected chi connectivity index (χ1v) is 7.30. The monoisotopic (exact) mass is 285 g/mol.